The summed E-state index contributed by atoms with van der Waals surface area (Å²) in [5, 5.41) is 9.80. The van der Waals surface area contributed by atoms with Crippen molar-refractivity contribution in [3.8, 4) is 0 Å². The molecule has 3 aliphatic carbocycles. The van der Waals surface area contributed by atoms with Crippen molar-refractivity contribution in [3.05, 3.63) is 70.8 Å². The first kappa shape index (κ1) is 18.1. The van der Waals surface area contributed by atoms with E-state index in [9.17, 15) is 19.5 Å². The Morgan fingerprint density at radius 1 is 0.862 bits per heavy atom. The third kappa shape index (κ3) is 2.36. The summed E-state index contributed by atoms with van der Waals surface area (Å²) in [5.41, 5.74) is 4.37. The number of carbonyl (C=O) groups is 3. The second-order valence-electron chi connectivity index (χ2n) is 8.79. The standard InChI is InChI=1S/C24H23NO4/c1-12(2)11-17(24(28)29)25-22(26)20-18-13-7-3-4-8-14(13)19(21(20)23(25)27)16-10-6-5-9-15(16)18/h3-10,12,17-21H,11H2,1-2H3,(H,28,29)/t17-,18?,19?,20-,21+/m1/s1. The number of rotatable bonds is 4. The van der Waals surface area contributed by atoms with Gasteiger partial charge in [-0.1, -0.05) is 62.4 Å². The maximum Gasteiger partial charge on any atom is 0.326 e. The highest BCUT2D eigenvalue weighted by Gasteiger charge is 2.63. The summed E-state index contributed by atoms with van der Waals surface area (Å²) < 4.78 is 0. The molecule has 4 aliphatic rings. The second kappa shape index (κ2) is 6.28. The summed E-state index contributed by atoms with van der Waals surface area (Å²) in [6, 6.07) is 14.9. The van der Waals surface area contributed by atoms with E-state index < -0.39 is 23.8 Å². The first-order valence-electron chi connectivity index (χ1n) is 10.2. The Morgan fingerprint density at radius 3 is 1.55 bits per heavy atom. The van der Waals surface area contributed by atoms with E-state index in [1.807, 2.05) is 62.4 Å². The van der Waals surface area contributed by atoms with Crippen LogP contribution in [0.1, 0.15) is 54.4 Å². The number of likely N-dealkylation sites (tertiary alicyclic amines) is 1. The summed E-state index contributed by atoms with van der Waals surface area (Å²) in [5.74, 6) is -3.15. The number of carbonyl (C=O) groups excluding carboxylic acids is 2. The van der Waals surface area contributed by atoms with Crippen molar-refractivity contribution in [1.82, 2.24) is 4.90 Å². The van der Waals surface area contributed by atoms with Gasteiger partial charge in [-0.3, -0.25) is 14.5 Å². The van der Waals surface area contributed by atoms with Gasteiger partial charge >= 0.3 is 5.97 Å². The van der Waals surface area contributed by atoms with Crippen LogP contribution >= 0.6 is 0 Å². The molecule has 5 heteroatoms. The molecule has 2 aromatic rings. The average Bonchev–Trinajstić information content (AvgIpc) is 2.97. The van der Waals surface area contributed by atoms with Gasteiger partial charge in [0.1, 0.15) is 6.04 Å². The second-order valence-corrected chi connectivity index (χ2v) is 8.79. The van der Waals surface area contributed by atoms with Gasteiger partial charge in [-0.05, 0) is 34.6 Å². The molecule has 2 aromatic carbocycles. The number of carboxylic acid groups (broad SMARTS) is 1. The fourth-order valence-electron chi connectivity index (χ4n) is 5.77. The molecule has 148 valence electrons. The average molecular weight is 389 g/mol. The topological polar surface area (TPSA) is 74.7 Å². The van der Waals surface area contributed by atoms with E-state index in [0.717, 1.165) is 27.2 Å². The smallest absolute Gasteiger partial charge is 0.326 e. The third-order valence-electron chi connectivity index (χ3n) is 6.77. The molecule has 0 saturated carbocycles. The SMILES string of the molecule is CC(C)C[C@H](C(=O)O)N1C(=O)[C@@H]2C3c4ccccc4C(c4ccccc43)[C@@H]2C1=O. The quantitative estimate of drug-likeness (QED) is 0.814. The monoisotopic (exact) mass is 389 g/mol. The molecule has 2 bridgehead atoms. The summed E-state index contributed by atoms with van der Waals surface area (Å²) in [6.45, 7) is 3.81. The summed E-state index contributed by atoms with van der Waals surface area (Å²) in [7, 11) is 0. The Hall–Kier alpha value is -2.95. The van der Waals surface area contributed by atoms with Crippen LogP contribution in [0.2, 0.25) is 0 Å². The van der Waals surface area contributed by atoms with Crippen LogP contribution in [-0.2, 0) is 14.4 Å². The number of carboxylic acids is 1. The number of hydrogen-bond acceptors (Lipinski definition) is 3. The largest absolute Gasteiger partial charge is 0.480 e. The number of hydrogen-bond donors (Lipinski definition) is 1. The van der Waals surface area contributed by atoms with E-state index in [0.29, 0.717) is 0 Å². The van der Waals surface area contributed by atoms with Gasteiger partial charge in [0.15, 0.2) is 0 Å². The zero-order valence-corrected chi connectivity index (χ0v) is 16.4. The van der Waals surface area contributed by atoms with Crippen LogP contribution < -0.4 is 0 Å². The Morgan fingerprint density at radius 2 is 1.24 bits per heavy atom. The van der Waals surface area contributed by atoms with Crippen molar-refractivity contribution in [1.29, 1.82) is 0 Å². The summed E-state index contributed by atoms with van der Waals surface area (Å²) in [4.78, 5) is 40.1. The highest BCUT2D eigenvalue weighted by molar-refractivity contribution is 6.10. The lowest BCUT2D eigenvalue weighted by atomic mass is 9.55. The predicted octanol–water partition coefficient (Wildman–Crippen LogP) is 3.38. The molecule has 0 spiro atoms. The van der Waals surface area contributed by atoms with Gasteiger partial charge in [-0.2, -0.15) is 0 Å². The van der Waals surface area contributed by atoms with Crippen LogP contribution in [0.4, 0.5) is 0 Å². The van der Waals surface area contributed by atoms with Crippen LogP contribution in [-0.4, -0.2) is 33.8 Å². The number of nitrogens with zero attached hydrogens (tertiary/aromatic N) is 1. The molecule has 1 fully saturated rings. The van der Waals surface area contributed by atoms with Crippen molar-refractivity contribution >= 4 is 17.8 Å². The van der Waals surface area contributed by atoms with Gasteiger partial charge in [0.25, 0.3) is 0 Å². The summed E-state index contributed by atoms with van der Waals surface area (Å²) in [6.07, 6.45) is 0.265. The lowest BCUT2D eigenvalue weighted by molar-refractivity contribution is -0.155. The maximum atomic E-state index is 13.5. The molecule has 2 amide bonds. The lowest BCUT2D eigenvalue weighted by Crippen LogP contribution is -2.46. The van der Waals surface area contributed by atoms with Gasteiger partial charge in [-0.25, -0.2) is 4.79 Å². The van der Waals surface area contributed by atoms with E-state index in [1.54, 1.807) is 0 Å². The Kier molecular flexibility index (Phi) is 3.92. The van der Waals surface area contributed by atoms with Gasteiger partial charge in [-0.15, -0.1) is 0 Å². The predicted molar refractivity (Wildman–Crippen MR) is 106 cm³/mol. The minimum atomic E-state index is -1.11. The highest BCUT2D eigenvalue weighted by Crippen LogP contribution is 2.61. The van der Waals surface area contributed by atoms with Crippen molar-refractivity contribution < 1.29 is 19.5 Å². The molecular weight excluding hydrogens is 366 g/mol. The molecule has 6 rings (SSSR count). The molecule has 1 N–H and O–H groups in total. The van der Waals surface area contributed by atoms with Crippen LogP contribution in [0.15, 0.2) is 48.5 Å². The first-order chi connectivity index (χ1) is 13.9. The van der Waals surface area contributed by atoms with Crippen molar-refractivity contribution in [2.24, 2.45) is 17.8 Å². The number of amides is 2. The molecule has 0 aromatic heterocycles. The minimum absolute atomic E-state index is 0.0606. The van der Waals surface area contributed by atoms with Crippen molar-refractivity contribution in [2.45, 2.75) is 38.1 Å². The molecule has 1 saturated heterocycles. The van der Waals surface area contributed by atoms with E-state index in [4.69, 9.17) is 0 Å². The van der Waals surface area contributed by atoms with Crippen LogP contribution in [0.25, 0.3) is 0 Å². The normalized spacial score (nSPS) is 27.6. The van der Waals surface area contributed by atoms with Crippen LogP contribution in [0, 0.1) is 17.8 Å². The first-order valence-corrected chi connectivity index (χ1v) is 10.2. The van der Waals surface area contributed by atoms with Crippen molar-refractivity contribution in [2.75, 3.05) is 0 Å². The van der Waals surface area contributed by atoms with E-state index >= 15 is 0 Å². The molecule has 0 unspecified atom stereocenters. The third-order valence-corrected chi connectivity index (χ3v) is 6.77. The van der Waals surface area contributed by atoms with E-state index in [2.05, 4.69) is 0 Å². The fraction of sp³-hybridized carbons (Fsp3) is 0.375. The van der Waals surface area contributed by atoms with Crippen molar-refractivity contribution in [3.63, 3.8) is 0 Å². The molecule has 5 nitrogen and oxygen atoms in total. The Bertz CT molecular complexity index is 927. The Balaban J connectivity index is 1.67. The molecule has 0 radical (unpaired) electrons. The van der Waals surface area contributed by atoms with Gasteiger partial charge in [0.05, 0.1) is 11.8 Å². The summed E-state index contributed by atoms with van der Waals surface area (Å²) >= 11 is 0. The molecule has 29 heavy (non-hydrogen) atoms. The highest BCUT2D eigenvalue weighted by atomic mass is 16.4. The van der Waals surface area contributed by atoms with E-state index in [-0.39, 0.29) is 36.0 Å². The zero-order valence-electron chi connectivity index (χ0n) is 16.4. The molecule has 1 aliphatic heterocycles. The molecular formula is C24H23NO4. The zero-order chi connectivity index (χ0) is 20.4. The minimum Gasteiger partial charge on any atom is -0.480 e. The van der Waals surface area contributed by atoms with Gasteiger partial charge in [0, 0.05) is 11.8 Å². The lowest BCUT2D eigenvalue weighted by Gasteiger charge is -2.45. The van der Waals surface area contributed by atoms with Crippen LogP contribution in [0.3, 0.4) is 0 Å². The number of imide groups is 1. The number of benzene rings is 2. The van der Waals surface area contributed by atoms with Gasteiger partial charge < -0.3 is 5.11 Å². The fourth-order valence-corrected chi connectivity index (χ4v) is 5.77. The molecule has 3 atom stereocenters. The van der Waals surface area contributed by atoms with Gasteiger partial charge in [0.2, 0.25) is 11.8 Å². The van der Waals surface area contributed by atoms with Crippen LogP contribution in [0.5, 0.6) is 0 Å². The maximum absolute atomic E-state index is 13.5. The number of aliphatic carboxylic acids is 1. The molecule has 1 heterocycles. The Labute approximate surface area is 169 Å². The van der Waals surface area contributed by atoms with E-state index in [1.165, 1.54) is 0 Å².